The second kappa shape index (κ2) is 3.30. The molecule has 0 radical (unpaired) electrons. The average molecular weight is 216 g/mol. The highest BCUT2D eigenvalue weighted by molar-refractivity contribution is 5.43. The lowest BCUT2D eigenvalue weighted by molar-refractivity contribution is 0.888. The molecule has 16 heavy (non-hydrogen) atoms. The minimum absolute atomic E-state index is 0.102. The fraction of sp³-hybridized carbons (Fsp3) is 0.364. The number of nitrogens with one attached hydrogen (secondary N) is 1. The third-order valence-corrected chi connectivity index (χ3v) is 2.79. The number of aromatic nitrogens is 4. The number of aromatic amines is 1. The van der Waals surface area contributed by atoms with Crippen molar-refractivity contribution in [1.29, 1.82) is 0 Å². The molecule has 1 saturated carbocycles. The van der Waals surface area contributed by atoms with Gasteiger partial charge in [-0.15, -0.1) is 0 Å². The van der Waals surface area contributed by atoms with Crippen LogP contribution in [0.2, 0.25) is 0 Å². The molecule has 1 aliphatic rings. The minimum atomic E-state index is -0.102. The molecule has 0 amide bonds. The van der Waals surface area contributed by atoms with Crippen LogP contribution >= 0.6 is 0 Å². The molecule has 3 rings (SSSR count). The Kier molecular flexibility index (Phi) is 1.92. The Morgan fingerprint density at radius 3 is 2.94 bits per heavy atom. The highest BCUT2D eigenvalue weighted by Crippen LogP contribution is 2.38. The predicted molar refractivity (Wildman–Crippen MR) is 59.0 cm³/mol. The summed E-state index contributed by atoms with van der Waals surface area (Å²) in [7, 11) is 1.88. The second-order valence-electron chi connectivity index (χ2n) is 4.15. The summed E-state index contributed by atoms with van der Waals surface area (Å²) in [5.41, 5.74) is 0.789. The molecule has 0 bridgehead atoms. The van der Waals surface area contributed by atoms with E-state index in [4.69, 9.17) is 0 Å². The molecule has 2 aromatic rings. The Hall–Kier alpha value is -1.91. The van der Waals surface area contributed by atoms with Crippen molar-refractivity contribution in [2.75, 3.05) is 0 Å². The van der Waals surface area contributed by atoms with Crippen LogP contribution in [0, 0.1) is 0 Å². The van der Waals surface area contributed by atoms with Crippen LogP contribution in [-0.4, -0.2) is 19.5 Å². The first-order valence-corrected chi connectivity index (χ1v) is 5.33. The topological polar surface area (TPSA) is 63.6 Å². The Morgan fingerprint density at radius 1 is 1.50 bits per heavy atom. The Labute approximate surface area is 92.2 Å². The van der Waals surface area contributed by atoms with Gasteiger partial charge in [0.05, 0.1) is 5.69 Å². The monoisotopic (exact) mass is 216 g/mol. The Bertz CT molecular complexity index is 580. The van der Waals surface area contributed by atoms with E-state index in [-0.39, 0.29) is 5.56 Å². The van der Waals surface area contributed by atoms with E-state index in [0.717, 1.165) is 18.5 Å². The maximum Gasteiger partial charge on any atom is 0.251 e. The van der Waals surface area contributed by atoms with Crippen LogP contribution in [0.15, 0.2) is 23.3 Å². The van der Waals surface area contributed by atoms with Gasteiger partial charge < -0.3 is 9.55 Å². The molecule has 0 unspecified atom stereocenters. The first kappa shape index (κ1) is 9.33. The van der Waals surface area contributed by atoms with Crippen LogP contribution in [0.5, 0.6) is 0 Å². The lowest BCUT2D eigenvalue weighted by Gasteiger charge is -2.03. The van der Waals surface area contributed by atoms with Crippen molar-refractivity contribution in [1.82, 2.24) is 19.5 Å². The first-order valence-electron chi connectivity index (χ1n) is 5.33. The average Bonchev–Trinajstić information content (AvgIpc) is 3.01. The van der Waals surface area contributed by atoms with Gasteiger partial charge in [0.2, 0.25) is 0 Å². The number of imidazole rings is 1. The number of H-pyrrole nitrogens is 1. The van der Waals surface area contributed by atoms with Gasteiger partial charge in [-0.1, -0.05) is 0 Å². The van der Waals surface area contributed by atoms with Crippen molar-refractivity contribution >= 4 is 0 Å². The fourth-order valence-electron chi connectivity index (χ4n) is 1.76. The second-order valence-corrected chi connectivity index (χ2v) is 4.15. The molecule has 2 heterocycles. The number of aryl methyl sites for hydroxylation is 1. The predicted octanol–water partition coefficient (Wildman–Crippen LogP) is 1.05. The maximum atomic E-state index is 11.5. The van der Waals surface area contributed by atoms with Crippen molar-refractivity contribution in [3.05, 3.63) is 34.5 Å². The summed E-state index contributed by atoms with van der Waals surface area (Å²) in [5.74, 6) is 1.72. The lowest BCUT2D eigenvalue weighted by Crippen LogP contribution is -2.11. The third kappa shape index (κ3) is 1.54. The molecule has 82 valence electrons. The van der Waals surface area contributed by atoms with Crippen LogP contribution < -0.4 is 5.56 Å². The maximum absolute atomic E-state index is 11.5. The number of rotatable bonds is 2. The van der Waals surface area contributed by atoms with Gasteiger partial charge in [-0.3, -0.25) is 4.79 Å². The molecule has 5 heteroatoms. The zero-order valence-corrected chi connectivity index (χ0v) is 8.97. The van der Waals surface area contributed by atoms with Crippen molar-refractivity contribution in [3.8, 4) is 11.6 Å². The minimum Gasteiger partial charge on any atom is -0.331 e. The fourth-order valence-corrected chi connectivity index (χ4v) is 1.76. The van der Waals surface area contributed by atoms with Crippen LogP contribution in [-0.2, 0) is 7.05 Å². The van der Waals surface area contributed by atoms with Gasteiger partial charge in [0.1, 0.15) is 0 Å². The van der Waals surface area contributed by atoms with E-state index in [0.29, 0.717) is 17.6 Å². The highest BCUT2D eigenvalue weighted by Gasteiger charge is 2.26. The Balaban J connectivity index is 2.13. The van der Waals surface area contributed by atoms with Crippen LogP contribution in [0.1, 0.15) is 24.5 Å². The largest absolute Gasteiger partial charge is 0.331 e. The highest BCUT2D eigenvalue weighted by atomic mass is 16.1. The van der Waals surface area contributed by atoms with Gasteiger partial charge in [-0.2, -0.15) is 0 Å². The third-order valence-electron chi connectivity index (χ3n) is 2.79. The molecule has 1 N–H and O–H groups in total. The van der Waals surface area contributed by atoms with E-state index >= 15 is 0 Å². The summed E-state index contributed by atoms with van der Waals surface area (Å²) in [4.78, 5) is 22.9. The molecule has 1 fully saturated rings. The van der Waals surface area contributed by atoms with E-state index < -0.39 is 0 Å². The van der Waals surface area contributed by atoms with Crippen molar-refractivity contribution in [3.63, 3.8) is 0 Å². The van der Waals surface area contributed by atoms with E-state index in [9.17, 15) is 4.79 Å². The van der Waals surface area contributed by atoms with E-state index in [2.05, 4.69) is 15.0 Å². The normalized spacial score (nSPS) is 15.3. The van der Waals surface area contributed by atoms with Gasteiger partial charge in [0.25, 0.3) is 5.56 Å². The lowest BCUT2D eigenvalue weighted by atomic mass is 10.3. The molecular formula is C11H12N4O. The molecule has 0 atom stereocenters. The molecule has 5 nitrogen and oxygen atoms in total. The molecule has 2 aromatic heterocycles. The van der Waals surface area contributed by atoms with Gasteiger partial charge in [-0.05, 0) is 12.8 Å². The first-order chi connectivity index (χ1) is 7.74. The molecular weight excluding hydrogens is 204 g/mol. The summed E-state index contributed by atoms with van der Waals surface area (Å²) in [6.45, 7) is 0. The van der Waals surface area contributed by atoms with Crippen molar-refractivity contribution < 1.29 is 0 Å². The zero-order chi connectivity index (χ0) is 11.1. The summed E-state index contributed by atoms with van der Waals surface area (Å²) in [5, 5.41) is 0. The standard InChI is InChI=1S/C11H12N4O/c1-15-5-4-12-11(15)10-13-8(7-2-3-7)6-9(16)14-10/h4-7H,2-3H2,1H3,(H,13,14,16). The smallest absolute Gasteiger partial charge is 0.251 e. The molecule has 1 aliphatic carbocycles. The molecule has 0 spiro atoms. The summed E-state index contributed by atoms with van der Waals surface area (Å²) in [6, 6.07) is 1.59. The number of hydrogen-bond donors (Lipinski definition) is 1. The summed E-state index contributed by atoms with van der Waals surface area (Å²) >= 11 is 0. The summed E-state index contributed by atoms with van der Waals surface area (Å²) < 4.78 is 1.84. The Morgan fingerprint density at radius 2 is 2.31 bits per heavy atom. The SMILES string of the molecule is Cn1ccnc1-c1nc(C2CC2)cc(=O)[nH]1. The van der Waals surface area contributed by atoms with Gasteiger partial charge in [-0.25, -0.2) is 9.97 Å². The van der Waals surface area contributed by atoms with Gasteiger partial charge in [0.15, 0.2) is 11.6 Å². The van der Waals surface area contributed by atoms with E-state index in [1.165, 1.54) is 0 Å². The molecule has 0 saturated heterocycles. The number of hydrogen-bond acceptors (Lipinski definition) is 3. The van der Waals surface area contributed by atoms with E-state index in [1.807, 2.05) is 17.8 Å². The number of nitrogens with zero attached hydrogens (tertiary/aromatic N) is 3. The van der Waals surface area contributed by atoms with Crippen LogP contribution in [0.25, 0.3) is 11.6 Å². The van der Waals surface area contributed by atoms with E-state index in [1.54, 1.807) is 12.3 Å². The van der Waals surface area contributed by atoms with Crippen molar-refractivity contribution in [2.45, 2.75) is 18.8 Å². The van der Waals surface area contributed by atoms with Crippen LogP contribution in [0.3, 0.4) is 0 Å². The molecule has 0 aromatic carbocycles. The van der Waals surface area contributed by atoms with Crippen LogP contribution in [0.4, 0.5) is 0 Å². The van der Waals surface area contributed by atoms with Gasteiger partial charge in [0, 0.05) is 31.4 Å². The molecule has 0 aliphatic heterocycles. The van der Waals surface area contributed by atoms with Gasteiger partial charge >= 0.3 is 0 Å². The summed E-state index contributed by atoms with van der Waals surface area (Å²) in [6.07, 6.45) is 5.80. The van der Waals surface area contributed by atoms with Crippen molar-refractivity contribution in [2.24, 2.45) is 7.05 Å². The zero-order valence-electron chi connectivity index (χ0n) is 8.97. The quantitative estimate of drug-likeness (QED) is 0.816.